The lowest BCUT2D eigenvalue weighted by atomic mass is 10.1. The minimum Gasteiger partial charge on any atom is -0.469 e. The Kier molecular flexibility index (Phi) is 4.47. The van der Waals surface area contributed by atoms with Crippen LogP contribution in [-0.2, 0) is 14.3 Å². The second-order valence-corrected chi connectivity index (χ2v) is 5.61. The van der Waals surface area contributed by atoms with Crippen LogP contribution >= 0.6 is 34.8 Å². The van der Waals surface area contributed by atoms with Gasteiger partial charge in [-0.2, -0.15) is 0 Å². The van der Waals surface area contributed by atoms with Crippen LogP contribution in [0.4, 0.5) is 0 Å². The third kappa shape index (κ3) is 3.54. The zero-order valence-electron chi connectivity index (χ0n) is 8.38. The number of carbonyl (C=O) groups is 2. The molecule has 7 heteroatoms. The van der Waals surface area contributed by atoms with Crippen molar-refractivity contribution in [1.82, 2.24) is 5.32 Å². The first-order chi connectivity index (χ1) is 7.34. The van der Waals surface area contributed by atoms with Crippen molar-refractivity contribution < 1.29 is 14.3 Å². The molecule has 0 aromatic carbocycles. The summed E-state index contributed by atoms with van der Waals surface area (Å²) in [5.41, 5.74) is 0. The summed E-state index contributed by atoms with van der Waals surface area (Å²) in [4.78, 5) is 22.5. The smallest absolute Gasteiger partial charge is 0.312 e. The van der Waals surface area contributed by atoms with Gasteiger partial charge in [-0.15, -0.1) is 0 Å². The number of hydrogen-bond donors (Lipinski definition) is 1. The maximum Gasteiger partial charge on any atom is 0.312 e. The summed E-state index contributed by atoms with van der Waals surface area (Å²) in [6.45, 7) is 0. The van der Waals surface area contributed by atoms with Gasteiger partial charge in [-0.05, 0) is 6.42 Å². The molecule has 4 nitrogen and oxygen atoms in total. The van der Waals surface area contributed by atoms with E-state index in [1.807, 2.05) is 0 Å². The lowest BCUT2D eigenvalue weighted by Gasteiger charge is -2.16. The van der Waals surface area contributed by atoms with Gasteiger partial charge in [0.25, 0.3) is 9.70 Å². The topological polar surface area (TPSA) is 55.4 Å². The third-order valence-corrected chi connectivity index (χ3v) is 2.68. The fourth-order valence-electron chi connectivity index (χ4n) is 1.38. The first kappa shape index (κ1) is 13.6. The molecule has 90 valence electrons. The summed E-state index contributed by atoms with van der Waals surface area (Å²) < 4.78 is 2.58. The highest BCUT2D eigenvalue weighted by atomic mass is 35.6. The SMILES string of the molecule is COC(=O)[C@H]1C=C[C@@H](NC(=O)C(Cl)(Cl)Cl)C1. The number of carbonyl (C=O) groups excluding carboxylic acids is 2. The van der Waals surface area contributed by atoms with Crippen LogP contribution in [0.25, 0.3) is 0 Å². The molecule has 16 heavy (non-hydrogen) atoms. The minimum absolute atomic E-state index is 0.313. The number of alkyl halides is 3. The summed E-state index contributed by atoms with van der Waals surface area (Å²) in [6, 6.07) is -0.313. The highest BCUT2D eigenvalue weighted by molar-refractivity contribution is 6.76. The number of amides is 1. The van der Waals surface area contributed by atoms with Gasteiger partial charge in [0, 0.05) is 6.04 Å². The second kappa shape index (κ2) is 5.25. The van der Waals surface area contributed by atoms with Gasteiger partial charge in [-0.25, -0.2) is 0 Å². The van der Waals surface area contributed by atoms with Crippen molar-refractivity contribution in [2.24, 2.45) is 5.92 Å². The van der Waals surface area contributed by atoms with E-state index in [2.05, 4.69) is 10.1 Å². The van der Waals surface area contributed by atoms with Crippen LogP contribution in [0.15, 0.2) is 12.2 Å². The Morgan fingerprint density at radius 3 is 2.50 bits per heavy atom. The zero-order valence-corrected chi connectivity index (χ0v) is 10.6. The molecule has 1 amide bonds. The standard InChI is InChI=1S/C9H10Cl3NO3/c1-16-7(14)5-2-3-6(4-5)13-8(15)9(10,11)12/h2-3,5-6H,4H2,1H3,(H,13,15)/t5-,6+/m0/s1. The molecule has 1 aliphatic rings. The summed E-state index contributed by atoms with van der Waals surface area (Å²) in [5, 5.41) is 2.50. The molecule has 0 saturated carbocycles. The van der Waals surface area contributed by atoms with Crippen LogP contribution in [-0.4, -0.2) is 28.8 Å². The summed E-state index contributed by atoms with van der Waals surface area (Å²) in [5.74, 6) is -1.41. The molecule has 0 aliphatic heterocycles. The number of methoxy groups -OCH3 is 1. The molecule has 0 aromatic rings. The molecule has 1 aliphatic carbocycles. The fourth-order valence-corrected chi connectivity index (χ4v) is 1.55. The van der Waals surface area contributed by atoms with Crippen LogP contribution in [0.5, 0.6) is 0 Å². The van der Waals surface area contributed by atoms with E-state index in [-0.39, 0.29) is 17.9 Å². The normalized spacial score (nSPS) is 24.2. The number of esters is 1. The van der Waals surface area contributed by atoms with E-state index in [9.17, 15) is 9.59 Å². The van der Waals surface area contributed by atoms with Gasteiger partial charge in [-0.3, -0.25) is 9.59 Å². The Balaban J connectivity index is 2.47. The van der Waals surface area contributed by atoms with Gasteiger partial charge in [0.1, 0.15) is 0 Å². The average molecular weight is 287 g/mol. The number of rotatable bonds is 2. The molecule has 0 spiro atoms. The average Bonchev–Trinajstić information content (AvgIpc) is 2.63. The molecule has 1 rings (SSSR count). The predicted molar refractivity (Wildman–Crippen MR) is 61.5 cm³/mol. The molecule has 0 fully saturated rings. The zero-order chi connectivity index (χ0) is 12.3. The van der Waals surface area contributed by atoms with Crippen LogP contribution < -0.4 is 5.32 Å². The minimum atomic E-state index is -1.99. The van der Waals surface area contributed by atoms with Crippen LogP contribution in [0.2, 0.25) is 0 Å². The first-order valence-corrected chi connectivity index (χ1v) is 5.62. The van der Waals surface area contributed by atoms with E-state index in [0.717, 1.165) is 0 Å². The maximum absolute atomic E-state index is 11.3. The summed E-state index contributed by atoms with van der Waals surface area (Å²) in [6.07, 6.45) is 3.75. The fraction of sp³-hybridized carbons (Fsp3) is 0.556. The van der Waals surface area contributed by atoms with Crippen molar-refractivity contribution in [2.45, 2.75) is 16.3 Å². The summed E-state index contributed by atoms with van der Waals surface area (Å²) >= 11 is 16.2. The Bertz CT molecular complexity index is 324. The Labute approximate surface area is 108 Å². The molecular formula is C9H10Cl3NO3. The monoisotopic (exact) mass is 285 g/mol. The van der Waals surface area contributed by atoms with Gasteiger partial charge < -0.3 is 10.1 Å². The van der Waals surface area contributed by atoms with Crippen molar-refractivity contribution in [3.63, 3.8) is 0 Å². The van der Waals surface area contributed by atoms with Gasteiger partial charge >= 0.3 is 5.97 Å². The Hall–Kier alpha value is -0.450. The summed E-state index contributed by atoms with van der Waals surface area (Å²) in [7, 11) is 1.31. The quantitative estimate of drug-likeness (QED) is 0.476. The van der Waals surface area contributed by atoms with Crippen molar-refractivity contribution in [3.05, 3.63) is 12.2 Å². The van der Waals surface area contributed by atoms with Gasteiger partial charge in [0.05, 0.1) is 13.0 Å². The van der Waals surface area contributed by atoms with Crippen molar-refractivity contribution in [3.8, 4) is 0 Å². The molecule has 0 heterocycles. The van der Waals surface area contributed by atoms with Crippen molar-refractivity contribution in [2.75, 3.05) is 7.11 Å². The molecule has 0 saturated heterocycles. The largest absolute Gasteiger partial charge is 0.469 e. The first-order valence-electron chi connectivity index (χ1n) is 4.48. The van der Waals surface area contributed by atoms with Crippen molar-refractivity contribution in [1.29, 1.82) is 0 Å². The van der Waals surface area contributed by atoms with Gasteiger partial charge in [-0.1, -0.05) is 47.0 Å². The van der Waals surface area contributed by atoms with E-state index < -0.39 is 9.70 Å². The van der Waals surface area contributed by atoms with E-state index >= 15 is 0 Å². The van der Waals surface area contributed by atoms with E-state index in [4.69, 9.17) is 34.8 Å². The van der Waals surface area contributed by atoms with Crippen LogP contribution in [0.3, 0.4) is 0 Å². The van der Waals surface area contributed by atoms with Crippen molar-refractivity contribution >= 4 is 46.7 Å². The molecule has 0 radical (unpaired) electrons. The molecule has 2 atom stereocenters. The second-order valence-electron chi connectivity index (χ2n) is 3.33. The van der Waals surface area contributed by atoms with E-state index in [0.29, 0.717) is 6.42 Å². The van der Waals surface area contributed by atoms with E-state index in [1.165, 1.54) is 7.11 Å². The number of halogens is 3. The van der Waals surface area contributed by atoms with Gasteiger partial charge in [0.15, 0.2) is 0 Å². The molecule has 0 bridgehead atoms. The predicted octanol–water partition coefficient (Wildman–Crippen LogP) is 1.59. The molecule has 0 aromatic heterocycles. The molecule has 1 N–H and O–H groups in total. The molecular weight excluding hydrogens is 276 g/mol. The lowest BCUT2D eigenvalue weighted by Crippen LogP contribution is -2.40. The maximum atomic E-state index is 11.3. The van der Waals surface area contributed by atoms with Gasteiger partial charge in [0.2, 0.25) is 0 Å². The van der Waals surface area contributed by atoms with E-state index in [1.54, 1.807) is 12.2 Å². The number of ether oxygens (including phenoxy) is 1. The lowest BCUT2D eigenvalue weighted by molar-refractivity contribution is -0.143. The molecule has 0 unspecified atom stereocenters. The third-order valence-electron chi connectivity index (χ3n) is 2.16. The van der Waals surface area contributed by atoms with Crippen LogP contribution in [0.1, 0.15) is 6.42 Å². The Morgan fingerprint density at radius 2 is 2.00 bits per heavy atom. The number of nitrogens with one attached hydrogen (secondary N) is 1. The van der Waals surface area contributed by atoms with Crippen LogP contribution in [0, 0.1) is 5.92 Å². The highest BCUT2D eigenvalue weighted by Crippen LogP contribution is 2.27. The number of hydrogen-bond acceptors (Lipinski definition) is 3. The Morgan fingerprint density at radius 1 is 1.38 bits per heavy atom. The highest BCUT2D eigenvalue weighted by Gasteiger charge is 2.34.